The highest BCUT2D eigenvalue weighted by molar-refractivity contribution is 6.10. The van der Waals surface area contributed by atoms with Crippen molar-refractivity contribution in [2.75, 3.05) is 11.9 Å². The molecule has 1 heterocycles. The number of nitrogens with one attached hydrogen (secondary N) is 3. The highest BCUT2D eigenvalue weighted by Gasteiger charge is 2.10. The zero-order valence-corrected chi connectivity index (χ0v) is 23.0. The molecule has 0 fully saturated rings. The minimum Gasteiger partial charge on any atom is -0.348 e. The zero-order chi connectivity index (χ0) is 27.9. The highest BCUT2D eigenvalue weighted by atomic mass is 16.1. The van der Waals surface area contributed by atoms with Gasteiger partial charge in [-0.3, -0.25) is 15.1 Å². The van der Waals surface area contributed by atoms with Crippen LogP contribution in [0.25, 0.3) is 11.1 Å². The molecular weight excluding hydrogens is 458 g/mol. The molecule has 6 nitrogen and oxygen atoms in total. The van der Waals surface area contributed by atoms with Gasteiger partial charge in [0.2, 0.25) is 5.96 Å². The summed E-state index contributed by atoms with van der Waals surface area (Å²) >= 11 is 0. The summed E-state index contributed by atoms with van der Waals surface area (Å²) in [5, 5.41) is 6.11. The highest BCUT2D eigenvalue weighted by Crippen LogP contribution is 2.21. The van der Waals surface area contributed by atoms with Gasteiger partial charge in [0, 0.05) is 36.1 Å². The van der Waals surface area contributed by atoms with Crippen LogP contribution in [0.5, 0.6) is 0 Å². The van der Waals surface area contributed by atoms with E-state index in [-0.39, 0.29) is 5.91 Å². The molecule has 1 aromatic heterocycles. The lowest BCUT2D eigenvalue weighted by Gasteiger charge is -2.13. The van der Waals surface area contributed by atoms with E-state index in [0.29, 0.717) is 24.5 Å². The summed E-state index contributed by atoms with van der Waals surface area (Å²) in [4.78, 5) is 24.3. The zero-order valence-electron chi connectivity index (χ0n) is 23.0. The number of anilines is 1. The summed E-state index contributed by atoms with van der Waals surface area (Å²) in [5.74, 6) is 0.190. The van der Waals surface area contributed by atoms with Crippen molar-refractivity contribution < 1.29 is 4.79 Å². The molecule has 37 heavy (non-hydrogen) atoms. The van der Waals surface area contributed by atoms with Crippen LogP contribution in [0, 0.1) is 12.8 Å². The number of hydrogen-bond acceptors (Lipinski definition) is 3. The lowest BCUT2D eigenvalue weighted by atomic mass is 10.1. The Kier molecular flexibility index (Phi) is 18.5. The molecule has 0 unspecified atom stereocenters. The molecule has 1 amide bonds. The molecule has 196 valence electrons. The first-order chi connectivity index (χ1) is 18.2. The molecule has 0 aliphatic heterocycles. The Morgan fingerprint density at radius 2 is 1.59 bits per heavy atom. The number of H-pyrrole nitrogens is 1. The number of rotatable bonds is 7. The number of aliphatic imine (C=N–C) groups is 1. The largest absolute Gasteiger partial charge is 0.348 e. The van der Waals surface area contributed by atoms with E-state index in [1.807, 2.05) is 90.1 Å². The second-order valence-electron chi connectivity index (χ2n) is 6.82. The summed E-state index contributed by atoms with van der Waals surface area (Å²) in [5.41, 5.74) is 4.68. The minimum atomic E-state index is -0.214. The van der Waals surface area contributed by atoms with Crippen molar-refractivity contribution in [1.82, 2.24) is 15.3 Å². The number of hydrogen-bond donors (Lipinski definition) is 3. The van der Waals surface area contributed by atoms with E-state index < -0.39 is 0 Å². The standard InChI is InChI=1S/C25H27N5O.2C2H6.C2H2/c1-3-8-19(4-2)24(31)30-25(27-16-15-23-17-26-18-28-23)29-22-13-11-21(12-14-22)20-9-6-5-7-10-20;3*1-2/h3-14,17-18H,15-16H2,1-2H3,(H,26,28)(H2,27,29,30,31);2*1-2H3;1-2H/b8-3-,19-4+;;;. The van der Waals surface area contributed by atoms with Gasteiger partial charge in [-0.1, -0.05) is 88.4 Å². The molecule has 0 aliphatic carbocycles. The van der Waals surface area contributed by atoms with Gasteiger partial charge >= 0.3 is 0 Å². The van der Waals surface area contributed by atoms with Gasteiger partial charge < -0.3 is 10.3 Å². The second-order valence-corrected chi connectivity index (χ2v) is 6.82. The first-order valence-corrected chi connectivity index (χ1v) is 12.6. The summed E-state index contributed by atoms with van der Waals surface area (Å²) in [6.07, 6.45) is 17.5. The number of carbonyl (C=O) groups excluding carboxylic acids is 1. The van der Waals surface area contributed by atoms with Crippen LogP contribution in [0.4, 0.5) is 5.69 Å². The molecule has 3 aromatic rings. The summed E-state index contributed by atoms with van der Waals surface area (Å²) in [7, 11) is 0. The van der Waals surface area contributed by atoms with E-state index in [9.17, 15) is 4.79 Å². The number of nitrogens with zero attached hydrogens (tertiary/aromatic N) is 2. The van der Waals surface area contributed by atoms with Crippen molar-refractivity contribution in [2.45, 2.75) is 48.0 Å². The topological polar surface area (TPSA) is 82.2 Å². The van der Waals surface area contributed by atoms with Gasteiger partial charge in [0.1, 0.15) is 0 Å². The predicted octanol–water partition coefficient (Wildman–Crippen LogP) is 7.03. The minimum absolute atomic E-state index is 0.214. The summed E-state index contributed by atoms with van der Waals surface area (Å²) in [6.45, 7) is 12.2. The Hall–Kier alpha value is -4.37. The van der Waals surface area contributed by atoms with Gasteiger partial charge in [0.25, 0.3) is 5.91 Å². The van der Waals surface area contributed by atoms with Crippen molar-refractivity contribution in [1.29, 1.82) is 0 Å². The number of terminal acetylenes is 1. The van der Waals surface area contributed by atoms with Crippen LogP contribution in [-0.4, -0.2) is 28.4 Å². The number of carbonyl (C=O) groups is 1. The van der Waals surface area contributed by atoms with Gasteiger partial charge in [-0.05, 0) is 37.1 Å². The van der Waals surface area contributed by atoms with E-state index in [1.165, 1.54) is 0 Å². The lowest BCUT2D eigenvalue weighted by Crippen LogP contribution is -2.37. The van der Waals surface area contributed by atoms with Crippen LogP contribution >= 0.6 is 0 Å². The average molecular weight is 500 g/mol. The van der Waals surface area contributed by atoms with Crippen LogP contribution in [0.1, 0.15) is 47.2 Å². The lowest BCUT2D eigenvalue weighted by molar-refractivity contribution is -0.115. The van der Waals surface area contributed by atoms with Gasteiger partial charge in [-0.2, -0.15) is 0 Å². The SMILES string of the molecule is C#C.C/C=C\C(=C/C)C(=O)NC(=NCCc1cnc[nH]1)Nc1ccc(-c2ccccc2)cc1.CC.CC. The van der Waals surface area contributed by atoms with E-state index in [4.69, 9.17) is 0 Å². The maximum absolute atomic E-state index is 12.6. The Balaban J connectivity index is 0.00000201. The molecular formula is C31H41N5O. The third-order valence-electron chi connectivity index (χ3n) is 4.61. The smallest absolute Gasteiger partial charge is 0.257 e. The van der Waals surface area contributed by atoms with Crippen molar-refractivity contribution in [3.05, 3.63) is 96.6 Å². The van der Waals surface area contributed by atoms with Crippen LogP contribution < -0.4 is 10.6 Å². The van der Waals surface area contributed by atoms with E-state index in [1.54, 1.807) is 24.7 Å². The molecule has 3 rings (SSSR count). The maximum Gasteiger partial charge on any atom is 0.257 e. The third-order valence-corrected chi connectivity index (χ3v) is 4.61. The fraction of sp³-hybridized carbons (Fsp3) is 0.258. The molecule has 0 saturated carbocycles. The van der Waals surface area contributed by atoms with E-state index >= 15 is 0 Å². The fourth-order valence-corrected chi connectivity index (χ4v) is 3.00. The summed E-state index contributed by atoms with van der Waals surface area (Å²) in [6, 6.07) is 18.2. The molecule has 0 atom stereocenters. The first-order valence-electron chi connectivity index (χ1n) is 12.6. The normalized spacial score (nSPS) is 10.6. The number of aromatic nitrogens is 2. The molecule has 0 bridgehead atoms. The quantitative estimate of drug-likeness (QED) is 0.107. The maximum atomic E-state index is 12.6. The molecule has 6 heteroatoms. The van der Waals surface area contributed by atoms with E-state index in [2.05, 4.69) is 50.6 Å². The van der Waals surface area contributed by atoms with Gasteiger partial charge in [-0.25, -0.2) is 4.98 Å². The third kappa shape index (κ3) is 12.2. The fourth-order valence-electron chi connectivity index (χ4n) is 3.00. The number of amides is 1. The Labute approximate surface area is 223 Å². The van der Waals surface area contributed by atoms with Gasteiger partial charge in [-0.15, -0.1) is 12.8 Å². The van der Waals surface area contributed by atoms with Crippen LogP contribution in [0.15, 0.2) is 95.9 Å². The summed E-state index contributed by atoms with van der Waals surface area (Å²) < 4.78 is 0. The van der Waals surface area contributed by atoms with Crippen LogP contribution in [0.2, 0.25) is 0 Å². The van der Waals surface area contributed by atoms with Crippen molar-refractivity contribution in [3.8, 4) is 24.0 Å². The van der Waals surface area contributed by atoms with Crippen molar-refractivity contribution in [2.24, 2.45) is 4.99 Å². The average Bonchev–Trinajstić information content (AvgIpc) is 3.49. The molecule has 2 aromatic carbocycles. The molecule has 0 aliphatic rings. The second kappa shape index (κ2) is 21.0. The number of aromatic amines is 1. The molecule has 0 spiro atoms. The van der Waals surface area contributed by atoms with Gasteiger partial charge in [0.05, 0.1) is 6.33 Å². The van der Waals surface area contributed by atoms with Crippen molar-refractivity contribution in [3.63, 3.8) is 0 Å². The first kappa shape index (κ1) is 32.6. The predicted molar refractivity (Wildman–Crippen MR) is 159 cm³/mol. The van der Waals surface area contributed by atoms with E-state index in [0.717, 1.165) is 22.5 Å². The Bertz CT molecular complexity index is 1090. The van der Waals surface area contributed by atoms with Crippen LogP contribution in [0.3, 0.4) is 0 Å². The van der Waals surface area contributed by atoms with Crippen LogP contribution in [-0.2, 0) is 11.2 Å². The molecule has 0 saturated heterocycles. The number of benzene rings is 2. The Morgan fingerprint density at radius 3 is 2.14 bits per heavy atom. The Morgan fingerprint density at radius 1 is 0.973 bits per heavy atom. The monoisotopic (exact) mass is 499 g/mol. The number of guanidine groups is 1. The number of allylic oxidation sites excluding steroid dienone is 2. The molecule has 0 radical (unpaired) electrons. The molecule has 3 N–H and O–H groups in total. The van der Waals surface area contributed by atoms with Crippen molar-refractivity contribution >= 4 is 17.6 Å². The number of imidazole rings is 1. The van der Waals surface area contributed by atoms with Gasteiger partial charge in [0.15, 0.2) is 0 Å².